The number of aromatic nitrogens is 1. The Bertz CT molecular complexity index is 537. The molecule has 1 saturated heterocycles. The molecule has 0 amide bonds. The fourth-order valence-electron chi connectivity index (χ4n) is 2.90. The first-order valence-electron chi connectivity index (χ1n) is 7.16. The predicted molar refractivity (Wildman–Crippen MR) is 77.5 cm³/mol. The Kier molecular flexibility index (Phi) is 3.69. The minimum Gasteiger partial charge on any atom is -0.464 e. The summed E-state index contributed by atoms with van der Waals surface area (Å²) in [4.78, 5) is 6.97. The lowest BCUT2D eigenvalue weighted by atomic mass is 9.98. The molecule has 2 aromatic heterocycles. The van der Waals surface area contributed by atoms with Gasteiger partial charge in [0, 0.05) is 19.3 Å². The molecule has 1 unspecified atom stereocenters. The van der Waals surface area contributed by atoms with Gasteiger partial charge in [-0.15, -0.1) is 0 Å². The van der Waals surface area contributed by atoms with Crippen LogP contribution in [0.15, 0.2) is 29.0 Å². The van der Waals surface area contributed by atoms with Crippen molar-refractivity contribution in [2.75, 3.05) is 31.1 Å². The Hall–Kier alpha value is -1.55. The van der Waals surface area contributed by atoms with Crippen molar-refractivity contribution in [1.82, 2.24) is 10.3 Å². The summed E-state index contributed by atoms with van der Waals surface area (Å²) in [5.41, 5.74) is 0.929. The molecule has 0 spiro atoms. The Labute approximate surface area is 113 Å². The van der Waals surface area contributed by atoms with E-state index in [-0.39, 0.29) is 0 Å². The summed E-state index contributed by atoms with van der Waals surface area (Å²) < 4.78 is 5.46. The van der Waals surface area contributed by atoms with Crippen molar-refractivity contribution in [2.45, 2.75) is 19.8 Å². The van der Waals surface area contributed by atoms with E-state index in [1.165, 1.54) is 12.8 Å². The van der Waals surface area contributed by atoms with Gasteiger partial charge in [-0.1, -0.05) is 6.92 Å². The van der Waals surface area contributed by atoms with Gasteiger partial charge in [0.2, 0.25) is 0 Å². The lowest BCUT2D eigenvalue weighted by molar-refractivity contribution is 0.394. The predicted octanol–water partition coefficient (Wildman–Crippen LogP) is 2.65. The zero-order valence-electron chi connectivity index (χ0n) is 11.4. The Morgan fingerprint density at radius 2 is 2.42 bits per heavy atom. The first-order valence-corrected chi connectivity index (χ1v) is 7.16. The van der Waals surface area contributed by atoms with Crippen molar-refractivity contribution < 1.29 is 4.42 Å². The third-order valence-corrected chi connectivity index (χ3v) is 3.86. The van der Waals surface area contributed by atoms with E-state index in [4.69, 9.17) is 4.42 Å². The molecule has 1 aliphatic rings. The molecule has 3 rings (SSSR count). The number of rotatable bonds is 4. The minimum absolute atomic E-state index is 0.720. The van der Waals surface area contributed by atoms with Gasteiger partial charge in [0.05, 0.1) is 11.6 Å². The van der Waals surface area contributed by atoms with E-state index in [1.807, 2.05) is 18.3 Å². The van der Waals surface area contributed by atoms with E-state index >= 15 is 0 Å². The smallest absolute Gasteiger partial charge is 0.139 e. The van der Waals surface area contributed by atoms with E-state index in [9.17, 15) is 0 Å². The molecule has 1 aliphatic heterocycles. The van der Waals surface area contributed by atoms with Gasteiger partial charge in [0.1, 0.15) is 11.4 Å². The first-order chi connectivity index (χ1) is 9.38. The number of pyridine rings is 1. The van der Waals surface area contributed by atoms with Gasteiger partial charge in [-0.25, -0.2) is 4.98 Å². The van der Waals surface area contributed by atoms with Gasteiger partial charge in [0.25, 0.3) is 0 Å². The van der Waals surface area contributed by atoms with Crippen LogP contribution in [0, 0.1) is 5.92 Å². The molecule has 19 heavy (non-hydrogen) atoms. The zero-order chi connectivity index (χ0) is 13.1. The molecular formula is C15H21N3O. The summed E-state index contributed by atoms with van der Waals surface area (Å²) in [6.45, 7) is 6.50. The fraction of sp³-hybridized carbons (Fsp3) is 0.533. The Morgan fingerprint density at radius 3 is 3.32 bits per heavy atom. The van der Waals surface area contributed by atoms with Gasteiger partial charge in [-0.2, -0.15) is 0 Å². The molecule has 2 aromatic rings. The van der Waals surface area contributed by atoms with E-state index in [1.54, 1.807) is 6.26 Å². The van der Waals surface area contributed by atoms with Crippen LogP contribution in [-0.4, -0.2) is 31.2 Å². The molecule has 1 N–H and O–H groups in total. The van der Waals surface area contributed by atoms with E-state index in [2.05, 4.69) is 22.1 Å². The Morgan fingerprint density at radius 1 is 1.47 bits per heavy atom. The summed E-state index contributed by atoms with van der Waals surface area (Å²) in [6, 6.07) is 3.95. The van der Waals surface area contributed by atoms with Crippen LogP contribution in [0.5, 0.6) is 0 Å². The monoisotopic (exact) mass is 259 g/mol. The van der Waals surface area contributed by atoms with Gasteiger partial charge in [-0.3, -0.25) is 0 Å². The van der Waals surface area contributed by atoms with Gasteiger partial charge in [-0.05, 0) is 44.0 Å². The summed E-state index contributed by atoms with van der Waals surface area (Å²) in [5, 5.41) is 4.59. The van der Waals surface area contributed by atoms with E-state index in [0.717, 1.165) is 48.9 Å². The summed E-state index contributed by atoms with van der Waals surface area (Å²) >= 11 is 0. The van der Waals surface area contributed by atoms with Crippen molar-refractivity contribution in [1.29, 1.82) is 0 Å². The largest absolute Gasteiger partial charge is 0.464 e. The third-order valence-electron chi connectivity index (χ3n) is 3.86. The number of fused-ring (bicyclic) bond motifs is 1. The maximum Gasteiger partial charge on any atom is 0.139 e. The van der Waals surface area contributed by atoms with Crippen LogP contribution in [0.2, 0.25) is 0 Å². The van der Waals surface area contributed by atoms with Crippen molar-refractivity contribution in [2.24, 2.45) is 5.92 Å². The molecule has 3 heterocycles. The second-order valence-corrected chi connectivity index (χ2v) is 5.23. The molecule has 4 heteroatoms. The highest BCUT2D eigenvalue weighted by Gasteiger charge is 2.22. The third kappa shape index (κ3) is 2.59. The molecule has 0 aliphatic carbocycles. The SMILES string of the molecule is CCNCC1CCCN(c2nccc3occc23)C1. The minimum atomic E-state index is 0.720. The average molecular weight is 259 g/mol. The van der Waals surface area contributed by atoms with Crippen molar-refractivity contribution in [3.05, 3.63) is 24.6 Å². The maximum atomic E-state index is 5.46. The van der Waals surface area contributed by atoms with Crippen LogP contribution in [-0.2, 0) is 0 Å². The van der Waals surface area contributed by atoms with Gasteiger partial charge >= 0.3 is 0 Å². The quantitative estimate of drug-likeness (QED) is 0.916. The standard InChI is InChI=1S/C15H21N3O/c1-2-16-10-12-4-3-8-18(11-12)15-13-6-9-19-14(13)5-7-17-15/h5-7,9,12,16H,2-4,8,10-11H2,1H3. The molecule has 1 fully saturated rings. The molecule has 102 valence electrons. The highest BCUT2D eigenvalue weighted by molar-refractivity contribution is 5.88. The van der Waals surface area contributed by atoms with E-state index < -0.39 is 0 Å². The molecule has 0 bridgehead atoms. The highest BCUT2D eigenvalue weighted by Crippen LogP contribution is 2.28. The van der Waals surface area contributed by atoms with E-state index in [0.29, 0.717) is 0 Å². The number of nitrogens with zero attached hydrogens (tertiary/aromatic N) is 2. The fourth-order valence-corrected chi connectivity index (χ4v) is 2.90. The molecule has 0 aromatic carbocycles. The van der Waals surface area contributed by atoms with Crippen LogP contribution >= 0.6 is 0 Å². The summed E-state index contributed by atoms with van der Waals surface area (Å²) in [6.07, 6.45) is 6.14. The molecular weight excluding hydrogens is 238 g/mol. The molecule has 1 atom stereocenters. The Balaban J connectivity index is 1.79. The van der Waals surface area contributed by atoms with Crippen molar-refractivity contribution in [3.8, 4) is 0 Å². The topological polar surface area (TPSA) is 41.3 Å². The van der Waals surface area contributed by atoms with Crippen molar-refractivity contribution in [3.63, 3.8) is 0 Å². The van der Waals surface area contributed by atoms with Crippen LogP contribution in [0.1, 0.15) is 19.8 Å². The maximum absolute atomic E-state index is 5.46. The van der Waals surface area contributed by atoms with Gasteiger partial charge in [0.15, 0.2) is 0 Å². The molecule has 0 radical (unpaired) electrons. The summed E-state index contributed by atoms with van der Waals surface area (Å²) in [5.74, 6) is 1.80. The van der Waals surface area contributed by atoms with Crippen LogP contribution in [0.25, 0.3) is 11.0 Å². The second kappa shape index (κ2) is 5.61. The second-order valence-electron chi connectivity index (χ2n) is 5.23. The molecule has 0 saturated carbocycles. The zero-order valence-corrected chi connectivity index (χ0v) is 11.4. The number of furan rings is 1. The number of hydrogen-bond donors (Lipinski definition) is 1. The highest BCUT2D eigenvalue weighted by atomic mass is 16.3. The van der Waals surface area contributed by atoms with Crippen molar-refractivity contribution >= 4 is 16.8 Å². The van der Waals surface area contributed by atoms with Crippen LogP contribution in [0.3, 0.4) is 0 Å². The molecule has 4 nitrogen and oxygen atoms in total. The summed E-state index contributed by atoms with van der Waals surface area (Å²) in [7, 11) is 0. The number of hydrogen-bond acceptors (Lipinski definition) is 4. The number of anilines is 1. The number of nitrogens with one attached hydrogen (secondary N) is 1. The lowest BCUT2D eigenvalue weighted by Gasteiger charge is -2.34. The normalized spacial score (nSPS) is 20.1. The lowest BCUT2D eigenvalue weighted by Crippen LogP contribution is -2.40. The van der Waals surface area contributed by atoms with Crippen LogP contribution < -0.4 is 10.2 Å². The number of piperidine rings is 1. The average Bonchev–Trinajstić information content (AvgIpc) is 2.93. The van der Waals surface area contributed by atoms with Crippen LogP contribution in [0.4, 0.5) is 5.82 Å². The first kappa shape index (κ1) is 12.5. The van der Waals surface area contributed by atoms with Gasteiger partial charge < -0.3 is 14.6 Å².